The van der Waals surface area contributed by atoms with Crippen LogP contribution in [0.1, 0.15) is 30.0 Å². The number of nitrogens with zero attached hydrogens (tertiary/aromatic N) is 5. The van der Waals surface area contributed by atoms with Crippen LogP contribution < -0.4 is 0 Å². The molecule has 1 unspecified atom stereocenters. The Bertz CT molecular complexity index is 937. The average Bonchev–Trinajstić information content (AvgIpc) is 3.13. The summed E-state index contributed by atoms with van der Waals surface area (Å²) in [6, 6.07) is 7.24. The van der Waals surface area contributed by atoms with Gasteiger partial charge in [0, 0.05) is 35.2 Å². The number of carbonyl (C=O) groups excluding carboxylic acids is 1. The molecule has 3 aromatic rings. The molecule has 1 aliphatic rings. The van der Waals surface area contributed by atoms with Gasteiger partial charge >= 0.3 is 0 Å². The second kappa shape index (κ2) is 7.21. The van der Waals surface area contributed by atoms with Gasteiger partial charge in [0.1, 0.15) is 6.33 Å². The number of rotatable bonds is 3. The molecule has 6 nitrogen and oxygen atoms in total. The molecule has 3 heterocycles. The van der Waals surface area contributed by atoms with Gasteiger partial charge in [0.2, 0.25) is 5.91 Å². The lowest BCUT2D eigenvalue weighted by Gasteiger charge is -2.33. The lowest BCUT2D eigenvalue weighted by molar-refractivity contribution is -0.131. The molecule has 1 amide bonds. The van der Waals surface area contributed by atoms with E-state index in [-0.39, 0.29) is 18.2 Å². The van der Waals surface area contributed by atoms with E-state index in [9.17, 15) is 4.79 Å². The van der Waals surface area contributed by atoms with Gasteiger partial charge < -0.3 is 4.90 Å². The van der Waals surface area contributed by atoms with Crippen LogP contribution >= 0.6 is 23.2 Å². The maximum absolute atomic E-state index is 12.8. The van der Waals surface area contributed by atoms with Crippen molar-refractivity contribution in [3.63, 3.8) is 0 Å². The van der Waals surface area contributed by atoms with E-state index in [1.807, 2.05) is 11.0 Å². The lowest BCUT2D eigenvalue weighted by Crippen LogP contribution is -2.40. The Morgan fingerprint density at radius 2 is 2.00 bits per heavy atom. The largest absolute Gasteiger partial charge is 0.342 e. The summed E-state index contributed by atoms with van der Waals surface area (Å²) in [6.07, 6.45) is 5.38. The zero-order valence-corrected chi connectivity index (χ0v) is 15.5. The molecule has 1 aliphatic heterocycles. The summed E-state index contributed by atoms with van der Waals surface area (Å²) in [4.78, 5) is 23.0. The van der Waals surface area contributed by atoms with Gasteiger partial charge in [-0.3, -0.25) is 4.79 Å². The first kappa shape index (κ1) is 17.2. The lowest BCUT2D eigenvalue weighted by atomic mass is 9.94. The molecule has 0 saturated carbocycles. The van der Waals surface area contributed by atoms with Crippen molar-refractivity contribution >= 4 is 34.9 Å². The van der Waals surface area contributed by atoms with Crippen molar-refractivity contribution in [1.82, 2.24) is 24.5 Å². The fraction of sp³-hybridized carbons (Fsp3) is 0.333. The molecular formula is C18H17Cl2N5O. The molecule has 0 radical (unpaired) electrons. The second-order valence-electron chi connectivity index (χ2n) is 6.40. The summed E-state index contributed by atoms with van der Waals surface area (Å²) in [5.74, 6) is 0.809. The highest BCUT2D eigenvalue weighted by Crippen LogP contribution is 2.29. The standard InChI is InChI=1S/C18H17Cl2N5O/c19-14-4-1-5-15(20)13(14)9-17(26)24-8-2-3-12(10-24)16-6-7-21-18-22-11-23-25(16)18/h1,4-7,11-12H,2-3,8-10H2. The summed E-state index contributed by atoms with van der Waals surface area (Å²) in [5.41, 5.74) is 1.71. The van der Waals surface area contributed by atoms with Gasteiger partial charge in [-0.05, 0) is 36.6 Å². The van der Waals surface area contributed by atoms with Crippen LogP contribution in [0.25, 0.3) is 5.78 Å². The van der Waals surface area contributed by atoms with E-state index in [2.05, 4.69) is 15.1 Å². The zero-order valence-electron chi connectivity index (χ0n) is 14.0. The van der Waals surface area contributed by atoms with Crippen LogP contribution in [-0.4, -0.2) is 43.5 Å². The number of likely N-dealkylation sites (tertiary alicyclic amines) is 1. The molecule has 1 saturated heterocycles. The summed E-state index contributed by atoms with van der Waals surface area (Å²) in [5, 5.41) is 5.31. The summed E-state index contributed by atoms with van der Waals surface area (Å²) in [7, 11) is 0. The topological polar surface area (TPSA) is 63.4 Å². The first-order chi connectivity index (χ1) is 12.6. The summed E-state index contributed by atoms with van der Waals surface area (Å²) in [6.45, 7) is 1.38. The molecule has 0 aliphatic carbocycles. The number of piperidine rings is 1. The molecule has 2 aromatic heterocycles. The van der Waals surface area contributed by atoms with Crippen LogP contribution in [0.4, 0.5) is 0 Å². The predicted octanol–water partition coefficient (Wildman–Crippen LogP) is 3.38. The van der Waals surface area contributed by atoms with Crippen molar-refractivity contribution < 1.29 is 4.79 Å². The number of halogens is 2. The Morgan fingerprint density at radius 1 is 1.19 bits per heavy atom. The van der Waals surface area contributed by atoms with Gasteiger partial charge in [-0.15, -0.1) is 0 Å². The smallest absolute Gasteiger partial charge is 0.252 e. The van der Waals surface area contributed by atoms with Gasteiger partial charge in [0.15, 0.2) is 0 Å². The normalized spacial score (nSPS) is 17.6. The Balaban J connectivity index is 1.53. The number of fused-ring (bicyclic) bond motifs is 1. The quantitative estimate of drug-likeness (QED) is 0.688. The van der Waals surface area contributed by atoms with Gasteiger partial charge in [-0.1, -0.05) is 29.3 Å². The summed E-state index contributed by atoms with van der Waals surface area (Å²) >= 11 is 12.4. The van der Waals surface area contributed by atoms with Crippen LogP contribution in [0.2, 0.25) is 10.0 Å². The van der Waals surface area contributed by atoms with Gasteiger partial charge in [-0.25, -0.2) is 9.50 Å². The third kappa shape index (κ3) is 3.27. The highest BCUT2D eigenvalue weighted by molar-refractivity contribution is 6.36. The Morgan fingerprint density at radius 3 is 2.81 bits per heavy atom. The molecule has 26 heavy (non-hydrogen) atoms. The van der Waals surface area contributed by atoms with E-state index < -0.39 is 0 Å². The van der Waals surface area contributed by atoms with E-state index in [0.717, 1.165) is 25.1 Å². The van der Waals surface area contributed by atoms with Crippen molar-refractivity contribution in [3.8, 4) is 0 Å². The SMILES string of the molecule is O=C(Cc1c(Cl)cccc1Cl)N1CCCC(c2ccnc3ncnn23)C1. The highest BCUT2D eigenvalue weighted by Gasteiger charge is 2.27. The second-order valence-corrected chi connectivity index (χ2v) is 7.21. The number of benzene rings is 1. The van der Waals surface area contributed by atoms with Crippen LogP contribution in [0, 0.1) is 0 Å². The number of amides is 1. The van der Waals surface area contributed by atoms with E-state index >= 15 is 0 Å². The number of hydrogen-bond donors (Lipinski definition) is 0. The molecule has 8 heteroatoms. The maximum Gasteiger partial charge on any atom is 0.252 e. The minimum atomic E-state index is 0.0357. The van der Waals surface area contributed by atoms with Crippen molar-refractivity contribution in [2.45, 2.75) is 25.2 Å². The van der Waals surface area contributed by atoms with Gasteiger partial charge in [0.05, 0.1) is 12.1 Å². The molecule has 1 aromatic carbocycles. The van der Waals surface area contributed by atoms with E-state index in [0.29, 0.717) is 27.9 Å². The van der Waals surface area contributed by atoms with Crippen LogP contribution in [-0.2, 0) is 11.2 Å². The Hall–Kier alpha value is -2.18. The average molecular weight is 390 g/mol. The maximum atomic E-state index is 12.8. The molecule has 0 bridgehead atoms. The first-order valence-corrected chi connectivity index (χ1v) is 9.24. The van der Waals surface area contributed by atoms with E-state index in [1.54, 1.807) is 28.9 Å². The molecule has 1 atom stereocenters. The molecule has 0 spiro atoms. The third-order valence-electron chi connectivity index (χ3n) is 4.79. The van der Waals surface area contributed by atoms with E-state index in [4.69, 9.17) is 23.2 Å². The summed E-state index contributed by atoms with van der Waals surface area (Å²) < 4.78 is 1.75. The molecular weight excluding hydrogens is 373 g/mol. The number of hydrogen-bond acceptors (Lipinski definition) is 4. The van der Waals surface area contributed by atoms with Crippen LogP contribution in [0.15, 0.2) is 36.8 Å². The molecule has 1 fully saturated rings. The molecule has 0 N–H and O–H groups in total. The van der Waals surface area contributed by atoms with E-state index in [1.165, 1.54) is 6.33 Å². The first-order valence-electron chi connectivity index (χ1n) is 8.49. The minimum absolute atomic E-state index is 0.0357. The molecule has 134 valence electrons. The monoisotopic (exact) mass is 389 g/mol. The number of aromatic nitrogens is 4. The fourth-order valence-corrected chi connectivity index (χ4v) is 4.01. The van der Waals surface area contributed by atoms with Crippen molar-refractivity contribution in [2.24, 2.45) is 0 Å². The Kier molecular flexibility index (Phi) is 4.78. The third-order valence-corrected chi connectivity index (χ3v) is 5.50. The van der Waals surface area contributed by atoms with Crippen molar-refractivity contribution in [1.29, 1.82) is 0 Å². The van der Waals surface area contributed by atoms with Crippen LogP contribution in [0.3, 0.4) is 0 Å². The minimum Gasteiger partial charge on any atom is -0.342 e. The fourth-order valence-electron chi connectivity index (χ4n) is 3.47. The zero-order chi connectivity index (χ0) is 18.1. The Labute approximate surface area is 160 Å². The van der Waals surface area contributed by atoms with Gasteiger partial charge in [0.25, 0.3) is 5.78 Å². The van der Waals surface area contributed by atoms with Crippen LogP contribution in [0.5, 0.6) is 0 Å². The molecule has 4 rings (SSSR count). The predicted molar refractivity (Wildman–Crippen MR) is 99.5 cm³/mol. The van der Waals surface area contributed by atoms with Crippen molar-refractivity contribution in [3.05, 3.63) is 58.1 Å². The highest BCUT2D eigenvalue weighted by atomic mass is 35.5. The van der Waals surface area contributed by atoms with Crippen molar-refractivity contribution in [2.75, 3.05) is 13.1 Å². The number of carbonyl (C=O) groups is 1. The van der Waals surface area contributed by atoms with Gasteiger partial charge in [-0.2, -0.15) is 10.1 Å².